The van der Waals surface area contributed by atoms with Crippen LogP contribution in [0, 0.1) is 11.8 Å². The van der Waals surface area contributed by atoms with Gasteiger partial charge in [0, 0.05) is 11.8 Å². The molecule has 2 nitrogen and oxygen atoms in total. The fraction of sp³-hybridized carbons (Fsp3) is 0.500. The van der Waals surface area contributed by atoms with Crippen LogP contribution in [0.25, 0.3) is 0 Å². The van der Waals surface area contributed by atoms with E-state index in [2.05, 4.69) is 141 Å². The Morgan fingerprint density at radius 3 is 1.30 bits per heavy atom. The Kier molecular flexibility index (Phi) is 11.5. The topological polar surface area (TPSA) is 18.5 Å². The molecule has 0 N–H and O–H groups in total. The van der Waals surface area contributed by atoms with Crippen molar-refractivity contribution in [3.8, 4) is 0 Å². The highest BCUT2D eigenvalue weighted by Gasteiger charge is 2.46. The summed E-state index contributed by atoms with van der Waals surface area (Å²) in [6.45, 7) is 27.1. The molecule has 2 atom stereocenters. The summed E-state index contributed by atoms with van der Waals surface area (Å²) in [5.41, 5.74) is 7.68. The maximum Gasteiger partial charge on any atom is 0.256 e. The van der Waals surface area contributed by atoms with Crippen molar-refractivity contribution in [2.45, 2.75) is 115 Å². The number of rotatable bonds is 17. The third-order valence-corrected chi connectivity index (χ3v) is 21.9. The highest BCUT2D eigenvalue weighted by Crippen LogP contribution is 2.48. The van der Waals surface area contributed by atoms with Gasteiger partial charge in [-0.15, -0.1) is 13.2 Å². The van der Waals surface area contributed by atoms with Crippen LogP contribution in [0.5, 0.6) is 0 Å². The molecule has 0 aromatic carbocycles. The van der Waals surface area contributed by atoms with Gasteiger partial charge in [0.15, 0.2) is 0 Å². The van der Waals surface area contributed by atoms with Crippen molar-refractivity contribution >= 4 is 16.6 Å². The van der Waals surface area contributed by atoms with Gasteiger partial charge in [0.2, 0.25) is 0 Å². The minimum atomic E-state index is -2.11. The quantitative estimate of drug-likeness (QED) is 0.118. The molecule has 0 saturated carbocycles. The normalized spacial score (nSPS) is 21.1. The molecule has 0 bridgehead atoms. The molecule has 238 valence electrons. The lowest BCUT2D eigenvalue weighted by Gasteiger charge is -2.40. The molecule has 0 aliphatic heterocycles. The molecule has 0 radical (unpaired) electrons. The smallest absolute Gasteiger partial charge is 0.256 e. The van der Waals surface area contributed by atoms with E-state index in [-0.39, 0.29) is 0 Å². The Morgan fingerprint density at radius 2 is 0.977 bits per heavy atom. The van der Waals surface area contributed by atoms with E-state index >= 15 is 0 Å². The fourth-order valence-corrected chi connectivity index (χ4v) is 16.6. The van der Waals surface area contributed by atoms with Crippen molar-refractivity contribution in [2.75, 3.05) is 0 Å². The number of hydrogen-bond donors (Lipinski definition) is 0. The average molecular weight is 627 g/mol. The van der Waals surface area contributed by atoms with Gasteiger partial charge in [-0.05, 0) is 94.4 Å². The first-order valence-corrected chi connectivity index (χ1v) is 21.7. The third-order valence-electron chi connectivity index (χ3n) is 10.7. The van der Waals surface area contributed by atoms with E-state index in [1.807, 2.05) is 0 Å². The maximum atomic E-state index is 7.40. The maximum absolute atomic E-state index is 7.40. The van der Waals surface area contributed by atoms with Gasteiger partial charge in [-0.25, -0.2) is 0 Å². The fourth-order valence-electron chi connectivity index (χ4n) is 7.92. The molecule has 4 heteroatoms. The molecule has 4 aliphatic rings. The first-order valence-electron chi connectivity index (χ1n) is 17.2. The van der Waals surface area contributed by atoms with Crippen LogP contribution in [0.1, 0.15) is 81.1 Å². The van der Waals surface area contributed by atoms with Crippen molar-refractivity contribution in [3.63, 3.8) is 0 Å². The van der Waals surface area contributed by atoms with Crippen LogP contribution in [0.15, 0.2) is 120 Å². The van der Waals surface area contributed by atoms with Crippen molar-refractivity contribution in [1.29, 1.82) is 0 Å². The predicted molar refractivity (Wildman–Crippen MR) is 196 cm³/mol. The van der Waals surface area contributed by atoms with Crippen LogP contribution in [-0.4, -0.2) is 16.6 Å². The van der Waals surface area contributed by atoms with Crippen LogP contribution in [0.3, 0.4) is 0 Å². The summed E-state index contributed by atoms with van der Waals surface area (Å²) >= 11 is 0. The highest BCUT2D eigenvalue weighted by atomic mass is 28.4. The number of allylic oxidation sites excluding steroid dienone is 16. The Hall–Kier alpha value is -2.57. The molecule has 2 unspecified atom stereocenters. The Bertz CT molecular complexity index is 1210. The second-order valence-electron chi connectivity index (χ2n) is 14.4. The summed E-state index contributed by atoms with van der Waals surface area (Å²) in [7, 11) is -4.21. The van der Waals surface area contributed by atoms with Crippen molar-refractivity contribution in [3.05, 3.63) is 120 Å². The molecule has 0 heterocycles. The van der Waals surface area contributed by atoms with E-state index in [9.17, 15) is 0 Å². The van der Waals surface area contributed by atoms with Crippen molar-refractivity contribution in [2.24, 2.45) is 11.8 Å². The van der Waals surface area contributed by atoms with E-state index < -0.39 is 16.6 Å². The van der Waals surface area contributed by atoms with Crippen LogP contribution >= 0.6 is 0 Å². The van der Waals surface area contributed by atoms with E-state index in [0.29, 0.717) is 34.0 Å². The zero-order chi connectivity index (χ0) is 32.1. The third kappa shape index (κ3) is 6.82. The van der Waals surface area contributed by atoms with Gasteiger partial charge in [0.1, 0.15) is 11.5 Å². The number of hydrogen-bond acceptors (Lipinski definition) is 2. The van der Waals surface area contributed by atoms with Gasteiger partial charge in [-0.2, -0.15) is 0 Å². The lowest BCUT2D eigenvalue weighted by Crippen LogP contribution is -2.44. The highest BCUT2D eigenvalue weighted by molar-refractivity contribution is 6.77. The van der Waals surface area contributed by atoms with Gasteiger partial charge < -0.3 is 8.85 Å². The number of fused-ring (bicyclic) bond motifs is 2. The lowest BCUT2D eigenvalue weighted by atomic mass is 9.91. The molecule has 0 aromatic heterocycles. The average Bonchev–Trinajstić information content (AvgIpc) is 3.52. The van der Waals surface area contributed by atoms with E-state index in [4.69, 9.17) is 8.85 Å². The van der Waals surface area contributed by atoms with Crippen molar-refractivity contribution < 1.29 is 8.85 Å². The minimum absolute atomic E-state index is 0.300. The van der Waals surface area contributed by atoms with Gasteiger partial charge >= 0.3 is 0 Å². The van der Waals surface area contributed by atoms with Gasteiger partial charge in [-0.3, -0.25) is 0 Å². The summed E-state index contributed by atoms with van der Waals surface area (Å²) in [4.78, 5) is 0. The van der Waals surface area contributed by atoms with Crippen molar-refractivity contribution in [1.82, 2.24) is 0 Å². The Labute approximate surface area is 271 Å². The van der Waals surface area contributed by atoms with Gasteiger partial charge in [0.05, 0.1) is 0 Å². The monoisotopic (exact) mass is 626 g/mol. The largest absolute Gasteiger partial charge is 0.543 e. The first kappa shape index (κ1) is 34.3. The molecule has 4 rings (SSSR count). The van der Waals surface area contributed by atoms with E-state index in [0.717, 1.165) is 49.3 Å². The molecule has 0 aromatic rings. The lowest BCUT2D eigenvalue weighted by molar-refractivity contribution is 0.382. The molecule has 0 saturated heterocycles. The van der Waals surface area contributed by atoms with E-state index in [1.54, 1.807) is 0 Å². The second kappa shape index (κ2) is 14.7. The second-order valence-corrected chi connectivity index (χ2v) is 24.2. The predicted octanol–water partition coefficient (Wildman–Crippen LogP) is 12.4. The molecular formula is C40H58O2Si2. The Balaban J connectivity index is 1.69. The van der Waals surface area contributed by atoms with Crippen LogP contribution < -0.4 is 0 Å². The summed E-state index contributed by atoms with van der Waals surface area (Å²) in [5, 5.41) is 0. The zero-order valence-corrected chi connectivity index (χ0v) is 30.9. The summed E-state index contributed by atoms with van der Waals surface area (Å²) in [5.74, 6) is 2.89. The SMILES string of the molecule is C=CCC[Si](OC1=CC2C=CC=CC2=C1CCC1=C2C=CC=CC2C=C1O[Si](CCC=C)(C(C)C)C(C)C)(C(C)C)C(C)C. The summed E-state index contributed by atoms with van der Waals surface area (Å²) < 4.78 is 14.8. The molecule has 0 fully saturated rings. The minimum Gasteiger partial charge on any atom is -0.543 e. The van der Waals surface area contributed by atoms with Crippen LogP contribution in [0.2, 0.25) is 34.3 Å². The Morgan fingerprint density at radius 1 is 0.614 bits per heavy atom. The summed E-state index contributed by atoms with van der Waals surface area (Å²) in [6.07, 6.45) is 30.9. The molecule has 0 spiro atoms. The summed E-state index contributed by atoms with van der Waals surface area (Å²) in [6, 6.07) is 2.22. The molecule has 0 amide bonds. The molecular weight excluding hydrogens is 569 g/mol. The molecule has 4 aliphatic carbocycles. The van der Waals surface area contributed by atoms with Crippen LogP contribution in [0.4, 0.5) is 0 Å². The molecule has 44 heavy (non-hydrogen) atoms. The van der Waals surface area contributed by atoms with Crippen LogP contribution in [-0.2, 0) is 8.85 Å². The zero-order valence-electron chi connectivity index (χ0n) is 28.9. The standard InChI is InChI=1S/C40H58O2Si2/c1-11-13-25-43(29(3)4,30(5)6)41-39-27-33-19-15-17-21-35(33)37(39)23-24-38-36-22-18-16-20-34(36)28-40(38)42-44(31(7)8,32(9)10)26-14-12-2/h11-12,15-22,27-34H,1-2,13-14,23-26H2,3-10H3. The first-order chi connectivity index (χ1) is 21.0. The van der Waals surface area contributed by atoms with Gasteiger partial charge in [0.25, 0.3) is 16.6 Å². The van der Waals surface area contributed by atoms with E-state index in [1.165, 1.54) is 22.3 Å². The van der Waals surface area contributed by atoms with Gasteiger partial charge in [-0.1, -0.05) is 116 Å².